The van der Waals surface area contributed by atoms with Crippen molar-refractivity contribution in [3.63, 3.8) is 0 Å². The Labute approximate surface area is 147 Å². The predicted molar refractivity (Wildman–Crippen MR) is 97.8 cm³/mol. The molecule has 1 aliphatic rings. The standard InChI is InChI=1S/C18H23ClN4O/c1-14-6-3-4-7-15(14)13-22-8-5-9-23(11-10-22)16-12-20-21(2)18(24)17(16)19/h3-4,6-7,12H,5,8-11,13H2,1-2H3. The molecular formula is C18H23ClN4O. The third-order valence-electron chi connectivity index (χ3n) is 4.64. The molecule has 2 heterocycles. The van der Waals surface area contributed by atoms with Crippen LogP contribution in [0.4, 0.5) is 5.69 Å². The molecule has 1 saturated heterocycles. The quantitative estimate of drug-likeness (QED) is 0.856. The van der Waals surface area contributed by atoms with E-state index in [9.17, 15) is 4.79 Å². The van der Waals surface area contributed by atoms with Crippen molar-refractivity contribution in [3.05, 3.63) is 57.0 Å². The highest BCUT2D eigenvalue weighted by molar-refractivity contribution is 6.33. The van der Waals surface area contributed by atoms with Crippen LogP contribution >= 0.6 is 11.6 Å². The van der Waals surface area contributed by atoms with Gasteiger partial charge in [0.05, 0.1) is 11.9 Å². The topological polar surface area (TPSA) is 41.4 Å². The van der Waals surface area contributed by atoms with Crippen LogP contribution in [-0.2, 0) is 13.6 Å². The first-order valence-electron chi connectivity index (χ1n) is 8.30. The van der Waals surface area contributed by atoms with E-state index in [0.29, 0.717) is 0 Å². The minimum Gasteiger partial charge on any atom is -0.368 e. The Morgan fingerprint density at radius 1 is 1.17 bits per heavy atom. The van der Waals surface area contributed by atoms with Crippen molar-refractivity contribution < 1.29 is 0 Å². The molecule has 2 aromatic rings. The summed E-state index contributed by atoms with van der Waals surface area (Å²) in [6, 6.07) is 8.52. The lowest BCUT2D eigenvalue weighted by Gasteiger charge is -2.24. The van der Waals surface area contributed by atoms with E-state index in [0.717, 1.165) is 44.8 Å². The first-order chi connectivity index (χ1) is 11.6. The second kappa shape index (κ2) is 7.36. The van der Waals surface area contributed by atoms with E-state index in [1.54, 1.807) is 13.2 Å². The van der Waals surface area contributed by atoms with Gasteiger partial charge in [0.15, 0.2) is 0 Å². The van der Waals surface area contributed by atoms with Crippen LogP contribution in [0.2, 0.25) is 5.02 Å². The second-order valence-electron chi connectivity index (χ2n) is 6.32. The maximum atomic E-state index is 12.0. The Hall–Kier alpha value is -1.85. The molecular weight excluding hydrogens is 324 g/mol. The number of halogens is 1. The van der Waals surface area contributed by atoms with Gasteiger partial charge in [0.2, 0.25) is 0 Å². The zero-order valence-electron chi connectivity index (χ0n) is 14.2. The number of aromatic nitrogens is 2. The Balaban J connectivity index is 1.71. The summed E-state index contributed by atoms with van der Waals surface area (Å²) in [4.78, 5) is 16.6. The maximum Gasteiger partial charge on any atom is 0.287 e. The van der Waals surface area contributed by atoms with E-state index in [1.807, 2.05) is 0 Å². The van der Waals surface area contributed by atoms with Crippen LogP contribution in [0.1, 0.15) is 17.5 Å². The fourth-order valence-electron chi connectivity index (χ4n) is 3.12. The Morgan fingerprint density at radius 3 is 2.75 bits per heavy atom. The third kappa shape index (κ3) is 3.62. The largest absolute Gasteiger partial charge is 0.368 e. The lowest BCUT2D eigenvalue weighted by Crippen LogP contribution is -2.32. The minimum absolute atomic E-state index is 0.241. The Morgan fingerprint density at radius 2 is 1.96 bits per heavy atom. The molecule has 0 amide bonds. The highest BCUT2D eigenvalue weighted by Crippen LogP contribution is 2.22. The van der Waals surface area contributed by atoms with Crippen LogP contribution in [0.15, 0.2) is 35.3 Å². The molecule has 1 aromatic heterocycles. The Kier molecular flexibility index (Phi) is 5.21. The summed E-state index contributed by atoms with van der Waals surface area (Å²) >= 11 is 6.24. The Bertz CT molecular complexity index is 774. The van der Waals surface area contributed by atoms with Crippen LogP contribution in [0.25, 0.3) is 0 Å². The van der Waals surface area contributed by atoms with Crippen molar-refractivity contribution in [2.75, 3.05) is 31.1 Å². The zero-order chi connectivity index (χ0) is 17.1. The van der Waals surface area contributed by atoms with Crippen molar-refractivity contribution >= 4 is 17.3 Å². The van der Waals surface area contributed by atoms with Crippen LogP contribution in [0.3, 0.4) is 0 Å². The molecule has 0 spiro atoms. The lowest BCUT2D eigenvalue weighted by molar-refractivity contribution is 0.285. The number of aryl methyl sites for hydroxylation is 2. The van der Waals surface area contributed by atoms with Gasteiger partial charge in [-0.2, -0.15) is 5.10 Å². The summed E-state index contributed by atoms with van der Waals surface area (Å²) in [7, 11) is 1.62. The molecule has 24 heavy (non-hydrogen) atoms. The molecule has 0 N–H and O–H groups in total. The molecule has 3 rings (SSSR count). The number of hydrogen-bond acceptors (Lipinski definition) is 4. The molecule has 1 aliphatic heterocycles. The van der Waals surface area contributed by atoms with Crippen molar-refractivity contribution in [1.29, 1.82) is 0 Å². The second-order valence-corrected chi connectivity index (χ2v) is 6.69. The van der Waals surface area contributed by atoms with E-state index in [1.165, 1.54) is 15.8 Å². The summed E-state index contributed by atoms with van der Waals surface area (Å²) in [5.74, 6) is 0. The van der Waals surface area contributed by atoms with Gasteiger partial charge in [0.25, 0.3) is 5.56 Å². The zero-order valence-corrected chi connectivity index (χ0v) is 15.0. The minimum atomic E-state index is -0.241. The van der Waals surface area contributed by atoms with Crippen LogP contribution < -0.4 is 10.5 Å². The van der Waals surface area contributed by atoms with Gasteiger partial charge in [-0.15, -0.1) is 0 Å². The monoisotopic (exact) mass is 346 g/mol. The van der Waals surface area contributed by atoms with Gasteiger partial charge in [-0.05, 0) is 24.5 Å². The van der Waals surface area contributed by atoms with Gasteiger partial charge in [0.1, 0.15) is 5.02 Å². The molecule has 5 nitrogen and oxygen atoms in total. The fraction of sp³-hybridized carbons (Fsp3) is 0.444. The van der Waals surface area contributed by atoms with Crippen molar-refractivity contribution in [2.24, 2.45) is 7.05 Å². The third-order valence-corrected chi connectivity index (χ3v) is 5.00. The summed E-state index contributed by atoms with van der Waals surface area (Å²) in [5, 5.41) is 4.37. The number of rotatable bonds is 3. The van der Waals surface area contributed by atoms with E-state index < -0.39 is 0 Å². The molecule has 0 saturated carbocycles. The van der Waals surface area contributed by atoms with E-state index in [4.69, 9.17) is 11.6 Å². The van der Waals surface area contributed by atoms with Gasteiger partial charge in [-0.1, -0.05) is 35.9 Å². The molecule has 6 heteroatoms. The number of anilines is 1. The van der Waals surface area contributed by atoms with Gasteiger partial charge in [0, 0.05) is 39.8 Å². The van der Waals surface area contributed by atoms with E-state index >= 15 is 0 Å². The normalized spacial score (nSPS) is 16.2. The smallest absolute Gasteiger partial charge is 0.287 e. The lowest BCUT2D eigenvalue weighted by atomic mass is 10.1. The summed E-state index contributed by atoms with van der Waals surface area (Å²) in [6.07, 6.45) is 2.73. The average Bonchev–Trinajstić information content (AvgIpc) is 2.81. The highest BCUT2D eigenvalue weighted by Gasteiger charge is 2.19. The molecule has 0 bridgehead atoms. The van der Waals surface area contributed by atoms with Crippen LogP contribution in [0, 0.1) is 6.92 Å². The van der Waals surface area contributed by atoms with Crippen molar-refractivity contribution in [1.82, 2.24) is 14.7 Å². The molecule has 1 aromatic carbocycles. The fourth-order valence-corrected chi connectivity index (χ4v) is 3.41. The van der Waals surface area contributed by atoms with Crippen molar-refractivity contribution in [2.45, 2.75) is 19.9 Å². The number of nitrogens with zero attached hydrogens (tertiary/aromatic N) is 4. The highest BCUT2D eigenvalue weighted by atomic mass is 35.5. The van der Waals surface area contributed by atoms with Crippen LogP contribution in [-0.4, -0.2) is 40.9 Å². The molecule has 0 radical (unpaired) electrons. The summed E-state index contributed by atoms with van der Waals surface area (Å²) < 4.78 is 1.27. The molecule has 0 unspecified atom stereocenters. The molecule has 0 aliphatic carbocycles. The van der Waals surface area contributed by atoms with Gasteiger partial charge in [-0.25, -0.2) is 4.68 Å². The maximum absolute atomic E-state index is 12.0. The first kappa shape index (κ1) is 17.0. The van der Waals surface area contributed by atoms with Crippen molar-refractivity contribution in [3.8, 4) is 0 Å². The van der Waals surface area contributed by atoms with Crippen LogP contribution in [0.5, 0.6) is 0 Å². The van der Waals surface area contributed by atoms with E-state index in [2.05, 4.69) is 46.1 Å². The van der Waals surface area contributed by atoms with Gasteiger partial charge in [-0.3, -0.25) is 9.69 Å². The van der Waals surface area contributed by atoms with Gasteiger partial charge >= 0.3 is 0 Å². The molecule has 1 fully saturated rings. The van der Waals surface area contributed by atoms with E-state index in [-0.39, 0.29) is 10.6 Å². The SMILES string of the molecule is Cc1ccccc1CN1CCCN(c2cnn(C)c(=O)c2Cl)CC1. The number of hydrogen-bond donors (Lipinski definition) is 0. The van der Waals surface area contributed by atoms with Gasteiger partial charge < -0.3 is 4.90 Å². The first-order valence-corrected chi connectivity index (χ1v) is 8.67. The molecule has 0 atom stereocenters. The molecule has 128 valence electrons. The predicted octanol–water partition coefficient (Wildman–Crippen LogP) is 2.45. The summed E-state index contributed by atoms with van der Waals surface area (Å²) in [5.41, 5.74) is 3.21. The number of benzene rings is 1. The average molecular weight is 347 g/mol. The summed E-state index contributed by atoms with van der Waals surface area (Å²) in [6.45, 7) is 6.84.